The van der Waals surface area contributed by atoms with E-state index in [2.05, 4.69) is 10.1 Å². The van der Waals surface area contributed by atoms with Gasteiger partial charge in [-0.05, 0) is 24.3 Å². The molecule has 0 radical (unpaired) electrons. The zero-order chi connectivity index (χ0) is 17.8. The summed E-state index contributed by atoms with van der Waals surface area (Å²) in [5.41, 5.74) is 1.40. The maximum atomic E-state index is 5.40. The van der Waals surface area contributed by atoms with Crippen LogP contribution in [0.5, 0.6) is 23.0 Å². The average Bonchev–Trinajstić information content (AvgIpc) is 3.16. The van der Waals surface area contributed by atoms with E-state index in [9.17, 15) is 0 Å². The summed E-state index contributed by atoms with van der Waals surface area (Å²) in [5.74, 6) is 2.95. The number of rotatable bonds is 6. The number of hydrogen-bond acceptors (Lipinski definition) is 7. The van der Waals surface area contributed by atoms with Crippen molar-refractivity contribution >= 4 is 0 Å². The SMILES string of the molecule is COc1ccccc1-c1nc(-c2cc(OC)c(OC)c(OC)c2)no1. The van der Waals surface area contributed by atoms with Crippen molar-refractivity contribution in [2.75, 3.05) is 28.4 Å². The van der Waals surface area contributed by atoms with E-state index in [-0.39, 0.29) is 0 Å². The van der Waals surface area contributed by atoms with Crippen LogP contribution in [0.1, 0.15) is 0 Å². The molecule has 3 aromatic rings. The lowest BCUT2D eigenvalue weighted by Crippen LogP contribution is -1.96. The van der Waals surface area contributed by atoms with E-state index in [1.807, 2.05) is 24.3 Å². The van der Waals surface area contributed by atoms with Crippen molar-refractivity contribution in [2.24, 2.45) is 0 Å². The summed E-state index contributed by atoms with van der Waals surface area (Å²) in [6.07, 6.45) is 0. The van der Waals surface area contributed by atoms with Crippen LogP contribution < -0.4 is 18.9 Å². The Morgan fingerprint density at radius 2 is 1.44 bits per heavy atom. The topological polar surface area (TPSA) is 75.8 Å². The van der Waals surface area contributed by atoms with Gasteiger partial charge < -0.3 is 23.5 Å². The van der Waals surface area contributed by atoms with E-state index in [0.29, 0.717) is 40.3 Å². The quantitative estimate of drug-likeness (QED) is 0.679. The van der Waals surface area contributed by atoms with Gasteiger partial charge in [-0.3, -0.25) is 0 Å². The lowest BCUT2D eigenvalue weighted by molar-refractivity contribution is 0.324. The summed E-state index contributed by atoms with van der Waals surface area (Å²) in [6, 6.07) is 11.0. The van der Waals surface area contributed by atoms with Gasteiger partial charge in [0.15, 0.2) is 11.5 Å². The maximum absolute atomic E-state index is 5.40. The molecule has 3 rings (SSSR count). The molecule has 2 aromatic carbocycles. The van der Waals surface area contributed by atoms with Crippen LogP contribution in [0.25, 0.3) is 22.8 Å². The summed E-state index contributed by atoms with van der Waals surface area (Å²) in [5, 5.41) is 4.05. The third-order valence-corrected chi connectivity index (χ3v) is 3.69. The van der Waals surface area contributed by atoms with Gasteiger partial charge in [-0.15, -0.1) is 0 Å². The molecule has 0 atom stereocenters. The molecule has 1 heterocycles. The smallest absolute Gasteiger partial charge is 0.262 e. The summed E-state index contributed by atoms with van der Waals surface area (Å²) in [4.78, 5) is 4.46. The zero-order valence-corrected chi connectivity index (χ0v) is 14.4. The van der Waals surface area contributed by atoms with Crippen molar-refractivity contribution < 1.29 is 23.5 Å². The Labute approximate surface area is 145 Å². The lowest BCUT2D eigenvalue weighted by atomic mass is 10.1. The van der Waals surface area contributed by atoms with Gasteiger partial charge in [0.2, 0.25) is 11.6 Å². The third kappa shape index (κ3) is 3.08. The van der Waals surface area contributed by atoms with Gasteiger partial charge in [-0.25, -0.2) is 0 Å². The standard InChI is InChI=1S/C18H18N2O5/c1-21-13-8-6-5-7-12(13)18-19-17(20-25-18)11-9-14(22-2)16(24-4)15(10-11)23-3/h5-10H,1-4H3. The van der Waals surface area contributed by atoms with Gasteiger partial charge in [-0.1, -0.05) is 17.3 Å². The minimum atomic E-state index is 0.362. The van der Waals surface area contributed by atoms with Gasteiger partial charge in [0.1, 0.15) is 5.75 Å². The second-order valence-corrected chi connectivity index (χ2v) is 5.04. The lowest BCUT2D eigenvalue weighted by Gasteiger charge is -2.12. The first-order chi connectivity index (χ1) is 12.2. The second kappa shape index (κ2) is 7.12. The molecular formula is C18H18N2O5. The minimum Gasteiger partial charge on any atom is -0.496 e. The molecule has 0 saturated carbocycles. The highest BCUT2D eigenvalue weighted by Crippen LogP contribution is 2.41. The molecule has 25 heavy (non-hydrogen) atoms. The molecule has 7 heteroatoms. The predicted octanol–water partition coefficient (Wildman–Crippen LogP) is 3.44. The molecule has 0 bridgehead atoms. The molecule has 0 amide bonds. The highest BCUT2D eigenvalue weighted by atomic mass is 16.5. The number of benzene rings is 2. The van der Waals surface area contributed by atoms with E-state index in [1.54, 1.807) is 40.6 Å². The molecule has 0 saturated heterocycles. The number of nitrogens with zero attached hydrogens (tertiary/aromatic N) is 2. The van der Waals surface area contributed by atoms with Crippen molar-refractivity contribution in [3.05, 3.63) is 36.4 Å². The molecule has 0 fully saturated rings. The fourth-order valence-corrected chi connectivity index (χ4v) is 2.48. The van der Waals surface area contributed by atoms with Gasteiger partial charge >= 0.3 is 0 Å². The van der Waals surface area contributed by atoms with Crippen LogP contribution in [0, 0.1) is 0 Å². The fraction of sp³-hybridized carbons (Fsp3) is 0.222. The molecule has 0 aliphatic rings. The fourth-order valence-electron chi connectivity index (χ4n) is 2.48. The Morgan fingerprint density at radius 3 is 2.04 bits per heavy atom. The largest absolute Gasteiger partial charge is 0.496 e. The van der Waals surface area contributed by atoms with E-state index < -0.39 is 0 Å². The van der Waals surface area contributed by atoms with E-state index in [0.717, 1.165) is 5.56 Å². The molecule has 130 valence electrons. The minimum absolute atomic E-state index is 0.362. The van der Waals surface area contributed by atoms with Crippen molar-refractivity contribution in [1.29, 1.82) is 0 Å². The monoisotopic (exact) mass is 342 g/mol. The molecule has 0 spiro atoms. The Balaban J connectivity index is 2.05. The first-order valence-electron chi connectivity index (χ1n) is 7.49. The van der Waals surface area contributed by atoms with Crippen molar-refractivity contribution in [3.63, 3.8) is 0 Å². The predicted molar refractivity (Wildman–Crippen MR) is 91.4 cm³/mol. The van der Waals surface area contributed by atoms with Crippen molar-refractivity contribution in [3.8, 4) is 45.8 Å². The van der Waals surface area contributed by atoms with Gasteiger partial charge in [-0.2, -0.15) is 4.98 Å². The van der Waals surface area contributed by atoms with Crippen LogP contribution in [0.2, 0.25) is 0 Å². The third-order valence-electron chi connectivity index (χ3n) is 3.69. The Hall–Kier alpha value is -3.22. The Kier molecular flexibility index (Phi) is 4.74. The molecule has 0 unspecified atom stereocenters. The first kappa shape index (κ1) is 16.6. The highest BCUT2D eigenvalue weighted by Gasteiger charge is 2.19. The van der Waals surface area contributed by atoms with E-state index >= 15 is 0 Å². The zero-order valence-electron chi connectivity index (χ0n) is 14.4. The molecule has 7 nitrogen and oxygen atoms in total. The first-order valence-corrected chi connectivity index (χ1v) is 7.49. The molecule has 1 aromatic heterocycles. The van der Waals surface area contributed by atoms with Crippen LogP contribution in [-0.4, -0.2) is 38.6 Å². The number of aromatic nitrogens is 2. The maximum Gasteiger partial charge on any atom is 0.262 e. The van der Waals surface area contributed by atoms with Crippen LogP contribution in [-0.2, 0) is 0 Å². The molecular weight excluding hydrogens is 324 g/mol. The number of methoxy groups -OCH3 is 4. The summed E-state index contributed by atoms with van der Waals surface area (Å²) in [6.45, 7) is 0. The highest BCUT2D eigenvalue weighted by molar-refractivity contribution is 5.69. The summed E-state index contributed by atoms with van der Waals surface area (Å²) >= 11 is 0. The van der Waals surface area contributed by atoms with Crippen molar-refractivity contribution in [2.45, 2.75) is 0 Å². The van der Waals surface area contributed by atoms with Crippen LogP contribution in [0.3, 0.4) is 0 Å². The van der Waals surface area contributed by atoms with Crippen LogP contribution in [0.15, 0.2) is 40.9 Å². The van der Waals surface area contributed by atoms with E-state index in [1.165, 1.54) is 0 Å². The van der Waals surface area contributed by atoms with Crippen LogP contribution in [0.4, 0.5) is 0 Å². The molecule has 0 aliphatic carbocycles. The van der Waals surface area contributed by atoms with Gasteiger partial charge in [0.25, 0.3) is 5.89 Å². The Bertz CT molecular complexity index is 850. The number of hydrogen-bond donors (Lipinski definition) is 0. The summed E-state index contributed by atoms with van der Waals surface area (Å²) in [7, 11) is 6.25. The average molecular weight is 342 g/mol. The molecule has 0 aliphatic heterocycles. The van der Waals surface area contributed by atoms with Gasteiger partial charge in [0.05, 0.1) is 34.0 Å². The Morgan fingerprint density at radius 1 is 0.800 bits per heavy atom. The van der Waals surface area contributed by atoms with Gasteiger partial charge in [0, 0.05) is 5.56 Å². The second-order valence-electron chi connectivity index (χ2n) is 5.04. The molecule has 0 N–H and O–H groups in total. The normalized spacial score (nSPS) is 10.4. The van der Waals surface area contributed by atoms with E-state index in [4.69, 9.17) is 23.5 Å². The van der Waals surface area contributed by atoms with Crippen molar-refractivity contribution in [1.82, 2.24) is 10.1 Å². The number of para-hydroxylation sites is 1. The summed E-state index contributed by atoms with van der Waals surface area (Å²) < 4.78 is 26.8. The number of ether oxygens (including phenoxy) is 4. The van der Waals surface area contributed by atoms with Crippen LogP contribution >= 0.6 is 0 Å².